The van der Waals surface area contributed by atoms with Gasteiger partial charge in [0.15, 0.2) is 0 Å². The van der Waals surface area contributed by atoms with Gasteiger partial charge in [0.25, 0.3) is 5.69 Å². The van der Waals surface area contributed by atoms with Gasteiger partial charge in [-0.1, -0.05) is 74.5 Å². The van der Waals surface area contributed by atoms with Crippen molar-refractivity contribution in [1.29, 1.82) is 0 Å². The zero-order chi connectivity index (χ0) is 24.1. The molecule has 0 fully saturated rings. The van der Waals surface area contributed by atoms with E-state index in [0.717, 1.165) is 27.6 Å². The third-order valence-corrected chi connectivity index (χ3v) is 5.98. The van der Waals surface area contributed by atoms with Crippen molar-refractivity contribution < 1.29 is 9.72 Å². The van der Waals surface area contributed by atoms with Crippen LogP contribution in [0.5, 0.6) is 0 Å². The number of fused-ring (bicyclic) bond motifs is 1. The molecule has 3 aromatic carbocycles. The van der Waals surface area contributed by atoms with E-state index in [-0.39, 0.29) is 28.9 Å². The molecule has 1 atom stereocenters. The molecule has 4 rings (SSSR count). The highest BCUT2D eigenvalue weighted by atomic mass is 16.6. The first-order valence-electron chi connectivity index (χ1n) is 11.5. The van der Waals surface area contributed by atoms with Crippen LogP contribution in [0, 0.1) is 16.0 Å². The van der Waals surface area contributed by atoms with Gasteiger partial charge in [-0.2, -0.15) is 0 Å². The predicted molar refractivity (Wildman–Crippen MR) is 135 cm³/mol. The van der Waals surface area contributed by atoms with Gasteiger partial charge >= 0.3 is 0 Å². The second-order valence-electron chi connectivity index (χ2n) is 9.02. The number of benzene rings is 3. The van der Waals surface area contributed by atoms with E-state index in [4.69, 9.17) is 0 Å². The molecule has 0 radical (unpaired) electrons. The fourth-order valence-electron chi connectivity index (χ4n) is 4.28. The molecule has 1 N–H and O–H groups in total. The number of aromatic nitrogens is 1. The minimum Gasteiger partial charge on any atom is -0.356 e. The van der Waals surface area contributed by atoms with E-state index in [2.05, 4.69) is 42.1 Å². The van der Waals surface area contributed by atoms with Gasteiger partial charge in [0.05, 0.1) is 4.92 Å². The van der Waals surface area contributed by atoms with Crippen molar-refractivity contribution in [2.75, 3.05) is 6.54 Å². The van der Waals surface area contributed by atoms with E-state index in [0.29, 0.717) is 19.0 Å². The maximum Gasteiger partial charge on any atom is 0.270 e. The highest BCUT2D eigenvalue weighted by Crippen LogP contribution is 2.36. The molecule has 1 amide bonds. The Labute approximate surface area is 199 Å². The Morgan fingerprint density at radius 2 is 1.68 bits per heavy atom. The Morgan fingerprint density at radius 1 is 1.00 bits per heavy atom. The summed E-state index contributed by atoms with van der Waals surface area (Å²) in [6.07, 6.45) is 2.32. The summed E-state index contributed by atoms with van der Waals surface area (Å²) in [6, 6.07) is 25.0. The summed E-state index contributed by atoms with van der Waals surface area (Å²) >= 11 is 0. The number of hydrogen-bond donors (Lipinski definition) is 1. The number of non-ortho nitro benzene ring substituents is 1. The van der Waals surface area contributed by atoms with E-state index in [1.54, 1.807) is 18.2 Å². The van der Waals surface area contributed by atoms with Crippen molar-refractivity contribution in [3.05, 3.63) is 112 Å². The molecule has 6 nitrogen and oxygen atoms in total. The molecular formula is C28H29N3O3. The van der Waals surface area contributed by atoms with Crippen molar-refractivity contribution >= 4 is 22.5 Å². The number of nitro benzene ring substituents is 1. The first-order valence-corrected chi connectivity index (χ1v) is 11.5. The predicted octanol–water partition coefficient (Wildman–Crippen LogP) is 5.89. The summed E-state index contributed by atoms with van der Waals surface area (Å²) in [4.78, 5) is 24.1. The van der Waals surface area contributed by atoms with Crippen LogP contribution in [0.15, 0.2) is 85.1 Å². The second kappa shape index (κ2) is 10.3. The molecule has 0 spiro atoms. The monoisotopic (exact) mass is 455 g/mol. The Kier molecular flexibility index (Phi) is 7.07. The fourth-order valence-corrected chi connectivity index (χ4v) is 4.28. The maximum absolute atomic E-state index is 12.9. The average molecular weight is 456 g/mol. The van der Waals surface area contributed by atoms with Gasteiger partial charge < -0.3 is 9.88 Å². The molecule has 6 heteroatoms. The average Bonchev–Trinajstić information content (AvgIpc) is 3.19. The number of amides is 1. The van der Waals surface area contributed by atoms with Crippen molar-refractivity contribution in [1.82, 2.24) is 9.88 Å². The van der Waals surface area contributed by atoms with Crippen molar-refractivity contribution in [2.45, 2.75) is 32.7 Å². The van der Waals surface area contributed by atoms with Crippen molar-refractivity contribution in [2.24, 2.45) is 5.92 Å². The number of nitro groups is 1. The third kappa shape index (κ3) is 5.34. The largest absolute Gasteiger partial charge is 0.356 e. The van der Waals surface area contributed by atoms with E-state index >= 15 is 0 Å². The number of carbonyl (C=O) groups is 1. The minimum atomic E-state index is -0.370. The second-order valence-corrected chi connectivity index (χ2v) is 9.02. The minimum absolute atomic E-state index is 0.0306. The van der Waals surface area contributed by atoms with Gasteiger partial charge in [-0.3, -0.25) is 14.9 Å². The lowest BCUT2D eigenvalue weighted by molar-refractivity contribution is -0.384. The summed E-state index contributed by atoms with van der Waals surface area (Å²) in [5.41, 5.74) is 4.01. The van der Waals surface area contributed by atoms with Crippen LogP contribution in [0.1, 0.15) is 42.9 Å². The highest BCUT2D eigenvalue weighted by molar-refractivity contribution is 5.88. The number of nitrogens with one attached hydrogen (secondary N) is 1. The van der Waals surface area contributed by atoms with E-state index in [1.165, 1.54) is 0 Å². The van der Waals surface area contributed by atoms with Gasteiger partial charge in [-0.25, -0.2) is 0 Å². The quantitative estimate of drug-likeness (QED) is 0.252. The summed E-state index contributed by atoms with van der Waals surface area (Å²) in [5, 5.41) is 15.4. The van der Waals surface area contributed by atoms with Crippen molar-refractivity contribution in [3.8, 4) is 0 Å². The maximum atomic E-state index is 12.9. The molecule has 0 aliphatic carbocycles. The first-order chi connectivity index (χ1) is 16.4. The first kappa shape index (κ1) is 23.2. The normalized spacial score (nSPS) is 12.1. The van der Waals surface area contributed by atoms with Gasteiger partial charge in [-0.05, 0) is 28.7 Å². The molecular weight excluding hydrogens is 426 g/mol. The van der Waals surface area contributed by atoms with Crippen LogP contribution in [-0.2, 0) is 11.3 Å². The Balaban J connectivity index is 1.82. The summed E-state index contributed by atoms with van der Waals surface area (Å²) in [7, 11) is 0. The summed E-state index contributed by atoms with van der Waals surface area (Å²) in [6.45, 7) is 5.37. The topological polar surface area (TPSA) is 77.2 Å². The molecule has 4 aromatic rings. The van der Waals surface area contributed by atoms with Crippen LogP contribution < -0.4 is 5.32 Å². The lowest BCUT2D eigenvalue weighted by atomic mass is 9.88. The van der Waals surface area contributed by atoms with Gasteiger partial charge in [-0.15, -0.1) is 0 Å². The molecule has 1 unspecified atom stereocenters. The number of carbonyl (C=O) groups excluding carboxylic acids is 1. The Hall–Kier alpha value is -3.93. The molecule has 0 bridgehead atoms. The zero-order valence-corrected chi connectivity index (χ0v) is 19.5. The molecule has 0 saturated heterocycles. The third-order valence-electron chi connectivity index (χ3n) is 5.98. The molecule has 0 saturated carbocycles. The lowest BCUT2D eigenvalue weighted by Gasteiger charge is -2.18. The van der Waals surface area contributed by atoms with Gasteiger partial charge in [0, 0.05) is 54.7 Å². The fraction of sp³-hybridized carbons (Fsp3) is 0.250. The summed E-state index contributed by atoms with van der Waals surface area (Å²) < 4.78 is 2.12. The molecule has 0 aliphatic heterocycles. The van der Waals surface area contributed by atoms with E-state index in [1.807, 2.05) is 48.5 Å². The Bertz CT molecular complexity index is 1280. The zero-order valence-electron chi connectivity index (χ0n) is 19.5. The van der Waals surface area contributed by atoms with Crippen LogP contribution >= 0.6 is 0 Å². The van der Waals surface area contributed by atoms with E-state index in [9.17, 15) is 14.9 Å². The van der Waals surface area contributed by atoms with Gasteiger partial charge in [0.2, 0.25) is 5.91 Å². The van der Waals surface area contributed by atoms with Crippen LogP contribution in [0.2, 0.25) is 0 Å². The van der Waals surface area contributed by atoms with Crippen LogP contribution in [0.25, 0.3) is 10.9 Å². The Morgan fingerprint density at radius 3 is 2.32 bits per heavy atom. The van der Waals surface area contributed by atoms with E-state index < -0.39 is 0 Å². The smallest absolute Gasteiger partial charge is 0.270 e. The van der Waals surface area contributed by atoms with Crippen molar-refractivity contribution in [3.63, 3.8) is 0 Å². The number of hydrogen-bond acceptors (Lipinski definition) is 3. The molecule has 0 aliphatic rings. The van der Waals surface area contributed by atoms with Crippen LogP contribution in [-0.4, -0.2) is 21.9 Å². The standard InChI is InChI=1S/C28H29N3O3/c1-20(2)17-29-28(32)16-24(22-11-7-4-8-12-22)26-19-30(18-21-9-5-3-6-10-21)27-14-13-23(31(33)34)15-25(26)27/h3-15,19-20,24H,16-18H2,1-2H3,(H,29,32). The molecule has 1 aromatic heterocycles. The SMILES string of the molecule is CC(C)CNC(=O)CC(c1ccccc1)c1cn(Cc2ccccc2)c2ccc([N+](=O)[O-])cc12. The lowest BCUT2D eigenvalue weighted by Crippen LogP contribution is -2.28. The molecule has 34 heavy (non-hydrogen) atoms. The van der Waals surface area contributed by atoms with Gasteiger partial charge in [0.1, 0.15) is 0 Å². The van der Waals surface area contributed by atoms with Crippen LogP contribution in [0.3, 0.4) is 0 Å². The summed E-state index contributed by atoms with van der Waals surface area (Å²) in [5.74, 6) is 0.0985. The molecule has 174 valence electrons. The van der Waals surface area contributed by atoms with Crippen LogP contribution in [0.4, 0.5) is 5.69 Å². The number of rotatable bonds is 9. The highest BCUT2D eigenvalue weighted by Gasteiger charge is 2.24. The number of nitrogens with zero attached hydrogens (tertiary/aromatic N) is 2. The molecule has 1 heterocycles.